The Morgan fingerprint density at radius 3 is 2.28 bits per heavy atom. The number of benzene rings is 1. The van der Waals surface area contributed by atoms with Crippen LogP contribution in [0.2, 0.25) is 0 Å². The summed E-state index contributed by atoms with van der Waals surface area (Å²) in [5, 5.41) is 3.00. The molecule has 0 fully saturated rings. The van der Waals surface area contributed by atoms with Crippen LogP contribution < -0.4 is 14.8 Å². The first kappa shape index (κ1) is 14.5. The second-order valence-electron chi connectivity index (χ2n) is 3.63. The number of ketones is 1. The highest BCUT2D eigenvalue weighted by molar-refractivity contribution is 6.02. The molecule has 0 radical (unpaired) electrons. The fourth-order valence-corrected chi connectivity index (χ4v) is 1.59. The van der Waals surface area contributed by atoms with Gasteiger partial charge in [0.2, 0.25) is 0 Å². The Bertz CT molecular complexity index is 370. The minimum Gasteiger partial charge on any atom is -0.496 e. The molecule has 1 N–H and O–H groups in total. The molecule has 0 amide bonds. The summed E-state index contributed by atoms with van der Waals surface area (Å²) in [5.74, 6) is 0.973. The number of rotatable bonds is 8. The Morgan fingerprint density at radius 2 is 1.78 bits per heavy atom. The number of hydrogen-bond donors (Lipinski definition) is 1. The molecule has 1 rings (SSSR count). The summed E-state index contributed by atoms with van der Waals surface area (Å²) in [6, 6.07) is 5.27. The Hall–Kier alpha value is -1.59. The molecule has 0 bridgehead atoms. The zero-order valence-electron chi connectivity index (χ0n) is 11.0. The van der Waals surface area contributed by atoms with Gasteiger partial charge in [0, 0.05) is 13.7 Å². The van der Waals surface area contributed by atoms with Crippen molar-refractivity contribution in [2.75, 3.05) is 41.0 Å². The van der Waals surface area contributed by atoms with Crippen molar-refractivity contribution in [2.24, 2.45) is 0 Å². The number of methoxy groups -OCH3 is 3. The van der Waals surface area contributed by atoms with Gasteiger partial charge in [-0.3, -0.25) is 4.79 Å². The minimum absolute atomic E-state index is 0.0691. The van der Waals surface area contributed by atoms with Gasteiger partial charge in [-0.05, 0) is 12.1 Å². The predicted octanol–water partition coefficient (Wildman–Crippen LogP) is 1.12. The second-order valence-corrected chi connectivity index (χ2v) is 3.63. The van der Waals surface area contributed by atoms with Crippen molar-refractivity contribution in [3.8, 4) is 11.5 Å². The van der Waals surface area contributed by atoms with Gasteiger partial charge in [-0.2, -0.15) is 0 Å². The van der Waals surface area contributed by atoms with Crippen LogP contribution in [0.3, 0.4) is 0 Å². The molecule has 1 aromatic rings. The third-order valence-corrected chi connectivity index (χ3v) is 2.48. The Balaban J connectivity index is 2.76. The first-order valence-corrected chi connectivity index (χ1v) is 5.68. The maximum Gasteiger partial charge on any atom is 0.184 e. The van der Waals surface area contributed by atoms with Crippen LogP contribution >= 0.6 is 0 Å². The van der Waals surface area contributed by atoms with Crippen LogP contribution in [0.1, 0.15) is 10.4 Å². The lowest BCUT2D eigenvalue weighted by Gasteiger charge is -2.12. The van der Waals surface area contributed by atoms with E-state index in [-0.39, 0.29) is 12.3 Å². The summed E-state index contributed by atoms with van der Waals surface area (Å²) in [7, 11) is 4.68. The summed E-state index contributed by atoms with van der Waals surface area (Å²) >= 11 is 0. The quantitative estimate of drug-likeness (QED) is 0.556. The van der Waals surface area contributed by atoms with E-state index in [1.165, 1.54) is 14.2 Å². The molecule has 0 saturated carbocycles. The van der Waals surface area contributed by atoms with E-state index < -0.39 is 0 Å². The van der Waals surface area contributed by atoms with E-state index in [0.717, 1.165) is 0 Å². The van der Waals surface area contributed by atoms with Crippen LogP contribution in [0.5, 0.6) is 11.5 Å². The molecular weight excluding hydrogens is 234 g/mol. The number of hydrogen-bond acceptors (Lipinski definition) is 5. The predicted molar refractivity (Wildman–Crippen MR) is 68.6 cm³/mol. The molecule has 0 aliphatic heterocycles. The summed E-state index contributed by atoms with van der Waals surface area (Å²) in [6.07, 6.45) is 0. The fourth-order valence-electron chi connectivity index (χ4n) is 1.59. The van der Waals surface area contributed by atoms with E-state index in [9.17, 15) is 4.79 Å². The number of carbonyl (C=O) groups is 1. The van der Waals surface area contributed by atoms with Gasteiger partial charge < -0.3 is 19.5 Å². The van der Waals surface area contributed by atoms with Gasteiger partial charge in [-0.25, -0.2) is 0 Å². The molecule has 100 valence electrons. The first-order chi connectivity index (χ1) is 8.74. The monoisotopic (exact) mass is 253 g/mol. The highest BCUT2D eigenvalue weighted by Gasteiger charge is 2.17. The summed E-state index contributed by atoms with van der Waals surface area (Å²) in [5.41, 5.74) is 0.465. The average Bonchev–Trinajstić information content (AvgIpc) is 2.42. The lowest BCUT2D eigenvalue weighted by atomic mass is 10.1. The van der Waals surface area contributed by atoms with Gasteiger partial charge >= 0.3 is 0 Å². The van der Waals surface area contributed by atoms with E-state index in [4.69, 9.17) is 14.2 Å². The first-order valence-electron chi connectivity index (χ1n) is 5.68. The summed E-state index contributed by atoms with van der Waals surface area (Å²) in [6.45, 7) is 1.41. The number of nitrogens with one attached hydrogen (secondary N) is 1. The van der Waals surface area contributed by atoms with Gasteiger partial charge in [0.05, 0.1) is 27.4 Å². The van der Waals surface area contributed by atoms with Gasteiger partial charge in [0.25, 0.3) is 0 Å². The smallest absolute Gasteiger partial charge is 0.184 e. The van der Waals surface area contributed by atoms with Crippen molar-refractivity contribution in [1.29, 1.82) is 0 Å². The van der Waals surface area contributed by atoms with Crippen molar-refractivity contribution in [3.63, 3.8) is 0 Å². The topological polar surface area (TPSA) is 56.8 Å². The van der Waals surface area contributed by atoms with Crippen LogP contribution in [-0.2, 0) is 4.74 Å². The van der Waals surface area contributed by atoms with E-state index in [1.54, 1.807) is 25.3 Å². The van der Waals surface area contributed by atoms with Gasteiger partial charge in [-0.1, -0.05) is 6.07 Å². The van der Waals surface area contributed by atoms with Gasteiger partial charge in [0.1, 0.15) is 17.1 Å². The molecular formula is C13H19NO4. The molecule has 0 aliphatic carbocycles. The standard InChI is InChI=1S/C13H19NO4/c1-16-8-7-14-9-10(15)13-11(17-2)5-4-6-12(13)18-3/h4-6,14H,7-9H2,1-3H3. The van der Waals surface area contributed by atoms with E-state index in [2.05, 4.69) is 5.32 Å². The molecule has 0 heterocycles. The van der Waals surface area contributed by atoms with E-state index >= 15 is 0 Å². The van der Waals surface area contributed by atoms with Crippen molar-refractivity contribution in [1.82, 2.24) is 5.32 Å². The zero-order chi connectivity index (χ0) is 13.4. The Kier molecular flexibility index (Phi) is 6.18. The van der Waals surface area contributed by atoms with Crippen LogP contribution in [0.4, 0.5) is 0 Å². The highest BCUT2D eigenvalue weighted by atomic mass is 16.5. The molecule has 18 heavy (non-hydrogen) atoms. The molecule has 0 unspecified atom stereocenters. The third-order valence-electron chi connectivity index (χ3n) is 2.48. The molecule has 0 aromatic heterocycles. The molecule has 0 aliphatic rings. The lowest BCUT2D eigenvalue weighted by molar-refractivity contribution is 0.0981. The lowest BCUT2D eigenvalue weighted by Crippen LogP contribution is -2.26. The Morgan fingerprint density at radius 1 is 1.17 bits per heavy atom. The summed E-state index contributed by atoms with van der Waals surface area (Å²) < 4.78 is 15.3. The summed E-state index contributed by atoms with van der Waals surface area (Å²) in [4.78, 5) is 12.1. The van der Waals surface area contributed by atoms with Crippen molar-refractivity contribution < 1.29 is 19.0 Å². The van der Waals surface area contributed by atoms with Gasteiger partial charge in [0.15, 0.2) is 5.78 Å². The van der Waals surface area contributed by atoms with Crippen LogP contribution in [0.25, 0.3) is 0 Å². The molecule has 0 atom stereocenters. The highest BCUT2D eigenvalue weighted by Crippen LogP contribution is 2.28. The molecule has 1 aromatic carbocycles. The zero-order valence-corrected chi connectivity index (χ0v) is 11.0. The molecule has 5 nitrogen and oxygen atoms in total. The Labute approximate surface area is 107 Å². The van der Waals surface area contributed by atoms with Crippen LogP contribution in [0, 0.1) is 0 Å². The second kappa shape index (κ2) is 7.68. The number of Topliss-reactive ketones (excluding diaryl/α,β-unsaturated/α-hetero) is 1. The maximum atomic E-state index is 12.1. The largest absolute Gasteiger partial charge is 0.496 e. The molecule has 0 saturated heterocycles. The number of ether oxygens (including phenoxy) is 3. The fraction of sp³-hybridized carbons (Fsp3) is 0.462. The average molecular weight is 253 g/mol. The minimum atomic E-state index is -0.0691. The SMILES string of the molecule is COCCNCC(=O)c1c(OC)cccc1OC. The normalized spacial score (nSPS) is 10.2. The number of carbonyl (C=O) groups excluding carboxylic acids is 1. The van der Waals surface area contributed by atoms with Crippen molar-refractivity contribution in [3.05, 3.63) is 23.8 Å². The van der Waals surface area contributed by atoms with Crippen LogP contribution in [0.15, 0.2) is 18.2 Å². The van der Waals surface area contributed by atoms with Crippen molar-refractivity contribution >= 4 is 5.78 Å². The van der Waals surface area contributed by atoms with Crippen LogP contribution in [-0.4, -0.2) is 46.8 Å². The maximum absolute atomic E-state index is 12.1. The van der Waals surface area contributed by atoms with E-state index in [1.807, 2.05) is 0 Å². The molecule has 0 spiro atoms. The third kappa shape index (κ3) is 3.72. The van der Waals surface area contributed by atoms with E-state index in [0.29, 0.717) is 30.2 Å². The van der Waals surface area contributed by atoms with Crippen molar-refractivity contribution in [2.45, 2.75) is 0 Å². The molecule has 5 heteroatoms. The van der Waals surface area contributed by atoms with Gasteiger partial charge in [-0.15, -0.1) is 0 Å².